The molecule has 4 rings (SSSR count). The van der Waals surface area contributed by atoms with Gasteiger partial charge in [-0.05, 0) is 112 Å². The van der Waals surface area contributed by atoms with Crippen LogP contribution in [0.25, 0.3) is 29.3 Å². The van der Waals surface area contributed by atoms with E-state index in [1.54, 1.807) is 56.4 Å². The number of aryl methyl sites for hydroxylation is 6. The van der Waals surface area contributed by atoms with E-state index in [1.807, 2.05) is 0 Å². The topological polar surface area (TPSA) is 0 Å². The first-order chi connectivity index (χ1) is 34.5. The van der Waals surface area contributed by atoms with Crippen LogP contribution in [0, 0.1) is 13.8 Å². The lowest BCUT2D eigenvalue weighted by molar-refractivity contribution is 0.556. The molecular formula is C66H110S4. The zero-order chi connectivity index (χ0) is 49.7. The number of thiophene rings is 4. The van der Waals surface area contributed by atoms with Gasteiger partial charge in [0.05, 0.1) is 0 Å². The summed E-state index contributed by atoms with van der Waals surface area (Å²) in [6.07, 6.45) is 61.2. The van der Waals surface area contributed by atoms with Gasteiger partial charge < -0.3 is 0 Å². The lowest BCUT2D eigenvalue weighted by atomic mass is 10.0. The van der Waals surface area contributed by atoms with E-state index in [4.69, 9.17) is 0 Å². The van der Waals surface area contributed by atoms with Crippen molar-refractivity contribution in [1.29, 1.82) is 0 Å². The van der Waals surface area contributed by atoms with Crippen molar-refractivity contribution in [1.82, 2.24) is 0 Å². The van der Waals surface area contributed by atoms with Gasteiger partial charge in [0.1, 0.15) is 0 Å². The van der Waals surface area contributed by atoms with Gasteiger partial charge in [0.25, 0.3) is 0 Å². The Hall–Kier alpha value is -1.20. The van der Waals surface area contributed by atoms with Crippen LogP contribution in [0.5, 0.6) is 0 Å². The van der Waals surface area contributed by atoms with E-state index in [1.165, 1.54) is 287 Å². The molecule has 0 atom stereocenters. The predicted molar refractivity (Wildman–Crippen MR) is 326 cm³/mol. The van der Waals surface area contributed by atoms with Crippen LogP contribution in [0.4, 0.5) is 0 Å². The Balaban J connectivity index is 1.50. The third-order valence-corrected chi connectivity index (χ3v) is 20.5. The molecule has 398 valence electrons. The van der Waals surface area contributed by atoms with Crippen molar-refractivity contribution >= 4 is 45.3 Å². The maximum Gasteiger partial charge on any atom is 0.0481 e. The van der Waals surface area contributed by atoms with E-state index >= 15 is 0 Å². The Morgan fingerprint density at radius 2 is 0.471 bits per heavy atom. The SMILES string of the molecule is CCCCCCCCCCCCc1cc(-c2sc(-c3sc(-c4sc(C)cc4CCCCCCCCCCCC)cc3CCCCCCCCCCCC)cc2CCCCCCCCCCCC)sc1C. The second-order valence-electron chi connectivity index (χ2n) is 22.1. The fraction of sp³-hybridized carbons (Fsp3) is 0.758. The first-order valence-electron chi connectivity index (χ1n) is 30.9. The van der Waals surface area contributed by atoms with Gasteiger partial charge in [-0.25, -0.2) is 0 Å². The lowest BCUT2D eigenvalue weighted by Crippen LogP contribution is -1.88. The van der Waals surface area contributed by atoms with Crippen molar-refractivity contribution in [3.63, 3.8) is 0 Å². The molecule has 0 aliphatic heterocycles. The van der Waals surface area contributed by atoms with E-state index in [-0.39, 0.29) is 0 Å². The normalized spacial score (nSPS) is 11.8. The smallest absolute Gasteiger partial charge is 0.0481 e. The molecule has 0 N–H and O–H groups in total. The summed E-state index contributed by atoms with van der Waals surface area (Å²) < 4.78 is 0. The van der Waals surface area contributed by atoms with Crippen molar-refractivity contribution in [3.8, 4) is 29.3 Å². The molecule has 0 fully saturated rings. The molecule has 0 radical (unpaired) electrons. The van der Waals surface area contributed by atoms with Gasteiger partial charge in [0.15, 0.2) is 0 Å². The molecular weight excluding hydrogens is 921 g/mol. The summed E-state index contributed by atoms with van der Waals surface area (Å²) in [5, 5.41) is 0. The number of unbranched alkanes of at least 4 members (excludes halogenated alkanes) is 36. The van der Waals surface area contributed by atoms with Gasteiger partial charge in [0.2, 0.25) is 0 Å². The largest absolute Gasteiger partial charge is 0.139 e. The van der Waals surface area contributed by atoms with E-state index in [9.17, 15) is 0 Å². The van der Waals surface area contributed by atoms with Gasteiger partial charge in [-0.15, -0.1) is 45.3 Å². The summed E-state index contributed by atoms with van der Waals surface area (Å²) in [4.78, 5) is 12.5. The first-order valence-corrected chi connectivity index (χ1v) is 34.2. The van der Waals surface area contributed by atoms with E-state index in [0.717, 1.165) is 0 Å². The summed E-state index contributed by atoms with van der Waals surface area (Å²) in [6.45, 7) is 14.1. The van der Waals surface area contributed by atoms with Crippen LogP contribution in [0.15, 0.2) is 24.3 Å². The van der Waals surface area contributed by atoms with Crippen LogP contribution in [0.3, 0.4) is 0 Å². The maximum atomic E-state index is 2.70. The molecule has 70 heavy (non-hydrogen) atoms. The fourth-order valence-corrected chi connectivity index (χ4v) is 15.9. The van der Waals surface area contributed by atoms with Crippen LogP contribution < -0.4 is 0 Å². The lowest BCUT2D eigenvalue weighted by Gasteiger charge is -2.04. The van der Waals surface area contributed by atoms with Gasteiger partial charge in [-0.2, -0.15) is 0 Å². The molecule has 0 saturated carbocycles. The summed E-state index contributed by atoms with van der Waals surface area (Å²) in [5.74, 6) is 0. The molecule has 0 spiro atoms. The molecule has 0 unspecified atom stereocenters. The Labute approximate surface area is 451 Å². The van der Waals surface area contributed by atoms with Crippen molar-refractivity contribution in [3.05, 3.63) is 56.3 Å². The van der Waals surface area contributed by atoms with Gasteiger partial charge >= 0.3 is 0 Å². The highest BCUT2D eigenvalue weighted by molar-refractivity contribution is 7.28. The average molecular weight is 1030 g/mol. The molecule has 0 aliphatic rings. The predicted octanol–water partition coefficient (Wildman–Crippen LogP) is 25.4. The van der Waals surface area contributed by atoms with Crippen LogP contribution in [0.1, 0.15) is 317 Å². The molecule has 0 aromatic carbocycles. The van der Waals surface area contributed by atoms with Crippen LogP contribution in [0.2, 0.25) is 0 Å². The number of hydrogen-bond acceptors (Lipinski definition) is 4. The van der Waals surface area contributed by atoms with Gasteiger partial charge in [-0.3, -0.25) is 0 Å². The zero-order valence-electron chi connectivity index (χ0n) is 47.1. The molecule has 4 heteroatoms. The van der Waals surface area contributed by atoms with Crippen molar-refractivity contribution in [2.24, 2.45) is 0 Å². The zero-order valence-corrected chi connectivity index (χ0v) is 50.3. The average Bonchev–Trinajstić information content (AvgIpc) is 4.16. The Bertz CT molecular complexity index is 1830. The molecule has 0 nitrogen and oxygen atoms in total. The standard InChI is InChI=1S/C66H110S4/c1-7-11-15-19-23-27-31-35-39-43-47-57-52-61(68-56(57)6)65-59(49-45-41-37-33-29-25-21-17-13-9-3)54-63(70-65)66-60(50-46-42-38-34-30-26-22-18-14-10-4)53-62(69-66)64-58(51-55(5)67-64)48-44-40-36-32-28-24-20-16-12-8-2/h51-54H,7-50H2,1-6H3. The number of hydrogen-bond donors (Lipinski definition) is 0. The molecule has 0 bridgehead atoms. The second-order valence-corrected chi connectivity index (χ2v) is 26.7. The first kappa shape index (κ1) is 61.3. The summed E-state index contributed by atoms with van der Waals surface area (Å²) >= 11 is 8.48. The molecule has 4 aromatic heterocycles. The van der Waals surface area contributed by atoms with E-state index < -0.39 is 0 Å². The quantitative estimate of drug-likeness (QED) is 0.0387. The molecule has 0 aliphatic carbocycles. The molecule has 4 aromatic rings. The second kappa shape index (κ2) is 40.2. The van der Waals surface area contributed by atoms with Gasteiger partial charge in [0, 0.05) is 39.0 Å². The molecule has 0 saturated heterocycles. The third-order valence-electron chi connectivity index (χ3n) is 15.4. The van der Waals surface area contributed by atoms with Crippen LogP contribution in [-0.4, -0.2) is 0 Å². The minimum absolute atomic E-state index is 1.22. The van der Waals surface area contributed by atoms with Crippen LogP contribution in [-0.2, 0) is 25.7 Å². The Morgan fingerprint density at radius 3 is 0.786 bits per heavy atom. The minimum Gasteiger partial charge on any atom is -0.139 e. The highest BCUT2D eigenvalue weighted by Crippen LogP contribution is 2.49. The highest BCUT2D eigenvalue weighted by Gasteiger charge is 2.22. The van der Waals surface area contributed by atoms with Crippen molar-refractivity contribution < 1.29 is 0 Å². The van der Waals surface area contributed by atoms with E-state index in [0.29, 0.717) is 0 Å². The molecule has 0 amide bonds. The van der Waals surface area contributed by atoms with Crippen molar-refractivity contribution in [2.75, 3.05) is 0 Å². The van der Waals surface area contributed by atoms with Crippen molar-refractivity contribution in [2.45, 2.75) is 324 Å². The summed E-state index contributed by atoms with van der Waals surface area (Å²) in [7, 11) is 0. The highest BCUT2D eigenvalue weighted by atomic mass is 32.1. The third kappa shape index (κ3) is 25.4. The van der Waals surface area contributed by atoms with Crippen LogP contribution >= 0.6 is 45.3 Å². The monoisotopic (exact) mass is 1030 g/mol. The van der Waals surface area contributed by atoms with Gasteiger partial charge in [-0.1, -0.05) is 259 Å². The van der Waals surface area contributed by atoms with E-state index in [2.05, 4.69) is 111 Å². The summed E-state index contributed by atoms with van der Waals surface area (Å²) in [5.41, 5.74) is 6.53. The molecule has 4 heterocycles. The fourth-order valence-electron chi connectivity index (χ4n) is 10.9. The summed E-state index contributed by atoms with van der Waals surface area (Å²) in [6, 6.07) is 10.6. The maximum absolute atomic E-state index is 2.70. The number of rotatable bonds is 47. The Kier molecular flexibility index (Phi) is 35.2. The minimum atomic E-state index is 1.22. The Morgan fingerprint density at radius 1 is 0.243 bits per heavy atom.